The lowest BCUT2D eigenvalue weighted by molar-refractivity contribution is 0.112. The minimum Gasteiger partial charge on any atom is -0.384 e. The summed E-state index contributed by atoms with van der Waals surface area (Å²) in [5.41, 5.74) is 1.69. The molecule has 0 bridgehead atoms. The van der Waals surface area contributed by atoms with Crippen molar-refractivity contribution in [3.63, 3.8) is 0 Å². The summed E-state index contributed by atoms with van der Waals surface area (Å²) in [7, 11) is 1.68. The van der Waals surface area contributed by atoms with Crippen molar-refractivity contribution in [2.75, 3.05) is 13.7 Å². The molecule has 2 nitrogen and oxygen atoms in total. The van der Waals surface area contributed by atoms with Gasteiger partial charge in [0.15, 0.2) is 0 Å². The van der Waals surface area contributed by atoms with E-state index in [1.165, 1.54) is 0 Å². The number of carbonyl (C=O) groups is 1. The number of hydrogen-bond donors (Lipinski definition) is 0. The topological polar surface area (TPSA) is 26.3 Å². The zero-order chi connectivity index (χ0) is 11.5. The number of ether oxygens (including phenoxy) is 1. The van der Waals surface area contributed by atoms with E-state index in [0.29, 0.717) is 12.2 Å². The van der Waals surface area contributed by atoms with E-state index in [9.17, 15) is 4.79 Å². The molecule has 82 valence electrons. The summed E-state index contributed by atoms with van der Waals surface area (Å²) in [6.07, 6.45) is 0.858. The molecule has 0 atom stereocenters. The van der Waals surface area contributed by atoms with Crippen molar-refractivity contribution in [1.29, 1.82) is 0 Å². The normalized spacial score (nSPS) is 11.5. The summed E-state index contributed by atoms with van der Waals surface area (Å²) in [6, 6.07) is 5.72. The molecule has 0 radical (unpaired) electrons. The molecule has 15 heavy (non-hydrogen) atoms. The highest BCUT2D eigenvalue weighted by molar-refractivity contribution is 9.10. The summed E-state index contributed by atoms with van der Waals surface area (Å²) in [6.45, 7) is 4.81. The van der Waals surface area contributed by atoms with Crippen LogP contribution in [0.15, 0.2) is 22.7 Å². The van der Waals surface area contributed by atoms with Crippen LogP contribution in [-0.4, -0.2) is 20.0 Å². The van der Waals surface area contributed by atoms with Crippen molar-refractivity contribution in [3.8, 4) is 0 Å². The number of halogens is 1. The van der Waals surface area contributed by atoms with E-state index in [-0.39, 0.29) is 5.41 Å². The van der Waals surface area contributed by atoms with Crippen LogP contribution in [0.25, 0.3) is 0 Å². The Morgan fingerprint density at radius 3 is 2.60 bits per heavy atom. The van der Waals surface area contributed by atoms with E-state index in [4.69, 9.17) is 4.74 Å². The maximum absolute atomic E-state index is 10.7. The molecule has 0 aliphatic heterocycles. The van der Waals surface area contributed by atoms with Gasteiger partial charge in [0.25, 0.3) is 0 Å². The Hall–Kier alpha value is -0.670. The molecular formula is C12H15BrO2. The van der Waals surface area contributed by atoms with Gasteiger partial charge in [-0.25, -0.2) is 0 Å². The average molecular weight is 271 g/mol. The van der Waals surface area contributed by atoms with Gasteiger partial charge < -0.3 is 4.74 Å². The van der Waals surface area contributed by atoms with E-state index in [1.807, 2.05) is 12.1 Å². The quantitative estimate of drug-likeness (QED) is 0.786. The van der Waals surface area contributed by atoms with Crippen molar-refractivity contribution >= 4 is 22.2 Å². The van der Waals surface area contributed by atoms with Crippen LogP contribution in [0, 0.1) is 0 Å². The fourth-order valence-electron chi connectivity index (χ4n) is 1.52. The lowest BCUT2D eigenvalue weighted by Gasteiger charge is -2.24. The van der Waals surface area contributed by atoms with Gasteiger partial charge >= 0.3 is 0 Å². The van der Waals surface area contributed by atoms with Crippen LogP contribution in [0.5, 0.6) is 0 Å². The Morgan fingerprint density at radius 2 is 2.07 bits per heavy atom. The zero-order valence-corrected chi connectivity index (χ0v) is 10.8. The zero-order valence-electron chi connectivity index (χ0n) is 9.21. The molecule has 0 aliphatic rings. The highest BCUT2D eigenvalue weighted by atomic mass is 79.9. The summed E-state index contributed by atoms with van der Waals surface area (Å²) in [4.78, 5) is 10.7. The van der Waals surface area contributed by atoms with Gasteiger partial charge in [0.1, 0.15) is 6.29 Å². The smallest absolute Gasteiger partial charge is 0.150 e. The van der Waals surface area contributed by atoms with Crippen LogP contribution in [0.4, 0.5) is 0 Å². The number of aldehydes is 1. The first kappa shape index (κ1) is 12.4. The molecule has 0 unspecified atom stereocenters. The fourth-order valence-corrected chi connectivity index (χ4v) is 2.03. The Morgan fingerprint density at radius 1 is 1.40 bits per heavy atom. The molecule has 1 rings (SSSR count). The summed E-state index contributed by atoms with van der Waals surface area (Å²) < 4.78 is 6.09. The first-order valence-corrected chi connectivity index (χ1v) is 5.54. The second kappa shape index (κ2) is 4.90. The van der Waals surface area contributed by atoms with Gasteiger partial charge in [-0.1, -0.05) is 29.8 Å². The molecule has 0 aliphatic carbocycles. The highest BCUT2D eigenvalue weighted by Gasteiger charge is 2.21. The number of rotatable bonds is 4. The Bertz CT molecular complexity index is 359. The molecule has 0 amide bonds. The maximum atomic E-state index is 10.7. The van der Waals surface area contributed by atoms with E-state index in [1.54, 1.807) is 13.2 Å². The van der Waals surface area contributed by atoms with Crippen LogP contribution in [0.1, 0.15) is 29.8 Å². The summed E-state index contributed by atoms with van der Waals surface area (Å²) in [5, 5.41) is 0. The van der Waals surface area contributed by atoms with Crippen LogP contribution >= 0.6 is 15.9 Å². The first-order chi connectivity index (χ1) is 6.99. The second-order valence-electron chi connectivity index (χ2n) is 4.21. The monoisotopic (exact) mass is 270 g/mol. The molecular weight excluding hydrogens is 256 g/mol. The molecule has 0 saturated heterocycles. The van der Waals surface area contributed by atoms with Crippen LogP contribution in [0.2, 0.25) is 0 Å². The summed E-state index contributed by atoms with van der Waals surface area (Å²) >= 11 is 3.40. The third-order valence-corrected chi connectivity index (χ3v) is 2.80. The Labute approximate surface area is 98.8 Å². The minimum atomic E-state index is -0.0870. The van der Waals surface area contributed by atoms with Crippen molar-refractivity contribution in [2.24, 2.45) is 0 Å². The van der Waals surface area contributed by atoms with Gasteiger partial charge in [-0.05, 0) is 23.8 Å². The van der Waals surface area contributed by atoms with Gasteiger partial charge in [0, 0.05) is 22.6 Å². The van der Waals surface area contributed by atoms with Crippen LogP contribution in [0.3, 0.4) is 0 Å². The molecule has 0 aromatic heterocycles. The average Bonchev–Trinajstić information content (AvgIpc) is 2.16. The fraction of sp³-hybridized carbons (Fsp3) is 0.417. The summed E-state index contributed by atoms with van der Waals surface area (Å²) in [5.74, 6) is 0. The SMILES string of the molecule is COCC(C)(C)c1cc(Br)cc(C=O)c1. The third kappa shape index (κ3) is 3.14. The van der Waals surface area contributed by atoms with Gasteiger partial charge in [0.2, 0.25) is 0 Å². The predicted octanol–water partition coefficient (Wildman–Crippen LogP) is 3.19. The highest BCUT2D eigenvalue weighted by Crippen LogP contribution is 2.27. The van der Waals surface area contributed by atoms with Crippen LogP contribution in [-0.2, 0) is 10.2 Å². The number of carbonyl (C=O) groups excluding carboxylic acids is 1. The van der Waals surface area contributed by atoms with Gasteiger partial charge in [-0.3, -0.25) is 4.79 Å². The van der Waals surface area contributed by atoms with Crippen molar-refractivity contribution < 1.29 is 9.53 Å². The van der Waals surface area contributed by atoms with E-state index in [0.717, 1.165) is 16.3 Å². The molecule has 3 heteroatoms. The van der Waals surface area contributed by atoms with E-state index in [2.05, 4.69) is 29.8 Å². The third-order valence-electron chi connectivity index (χ3n) is 2.34. The van der Waals surface area contributed by atoms with Gasteiger partial charge in [-0.15, -0.1) is 0 Å². The molecule has 0 saturated carbocycles. The molecule has 0 spiro atoms. The molecule has 1 aromatic rings. The lowest BCUT2D eigenvalue weighted by Crippen LogP contribution is -2.23. The Kier molecular flexibility index (Phi) is 4.05. The number of methoxy groups -OCH3 is 1. The maximum Gasteiger partial charge on any atom is 0.150 e. The minimum absolute atomic E-state index is 0.0870. The molecule has 0 heterocycles. The number of benzene rings is 1. The van der Waals surface area contributed by atoms with Gasteiger partial charge in [-0.2, -0.15) is 0 Å². The number of hydrogen-bond acceptors (Lipinski definition) is 2. The van der Waals surface area contributed by atoms with Crippen molar-refractivity contribution in [2.45, 2.75) is 19.3 Å². The second-order valence-corrected chi connectivity index (χ2v) is 5.12. The predicted molar refractivity (Wildman–Crippen MR) is 64.4 cm³/mol. The van der Waals surface area contributed by atoms with Gasteiger partial charge in [0.05, 0.1) is 6.61 Å². The molecule has 1 aromatic carbocycles. The lowest BCUT2D eigenvalue weighted by atomic mass is 9.85. The molecule has 0 fully saturated rings. The first-order valence-electron chi connectivity index (χ1n) is 4.75. The Balaban J connectivity index is 3.13. The van der Waals surface area contributed by atoms with E-state index >= 15 is 0 Å². The van der Waals surface area contributed by atoms with Crippen molar-refractivity contribution in [3.05, 3.63) is 33.8 Å². The van der Waals surface area contributed by atoms with E-state index < -0.39 is 0 Å². The van der Waals surface area contributed by atoms with Crippen LogP contribution < -0.4 is 0 Å². The van der Waals surface area contributed by atoms with Crippen molar-refractivity contribution in [1.82, 2.24) is 0 Å². The molecule has 0 N–H and O–H groups in total. The standard InChI is InChI=1S/C12H15BrO2/c1-12(2,8-15-3)10-4-9(7-14)5-11(13)6-10/h4-7H,8H2,1-3H3. The largest absolute Gasteiger partial charge is 0.384 e.